The van der Waals surface area contributed by atoms with Crippen LogP contribution in [0.15, 0.2) is 35.3 Å². The van der Waals surface area contributed by atoms with E-state index >= 15 is 4.39 Å². The highest BCUT2D eigenvalue weighted by Gasteiger charge is 2.39. The van der Waals surface area contributed by atoms with Gasteiger partial charge in [-0.1, -0.05) is 13.8 Å². The SMILES string of the molecule is Cn1cc(-c2cc(F)cc(N3CCc4c(sc5c4CC(C)(C)C5)C3=O)c2CO)cc(Nc2cc3n(n2)CCN(C2COC2)C3)c1=O. The molecule has 4 aromatic rings. The number of nitrogens with one attached hydrogen (secondary N) is 1. The maximum Gasteiger partial charge on any atom is 0.274 e. The Labute approximate surface area is 270 Å². The topological polar surface area (TPSA) is 105 Å². The number of carbonyl (C=O) groups is 1. The summed E-state index contributed by atoms with van der Waals surface area (Å²) in [7, 11) is 1.64. The lowest BCUT2D eigenvalue weighted by Gasteiger charge is -2.39. The molecule has 0 saturated carbocycles. The van der Waals surface area contributed by atoms with E-state index in [9.17, 15) is 14.7 Å². The number of thiophene rings is 1. The fraction of sp³-hybridized carbons (Fsp3) is 0.441. The number of aliphatic hydroxyl groups is 1. The molecule has 2 N–H and O–H groups in total. The number of aryl methyl sites for hydroxylation is 1. The van der Waals surface area contributed by atoms with E-state index in [1.165, 1.54) is 27.1 Å². The molecule has 3 aliphatic heterocycles. The van der Waals surface area contributed by atoms with Crippen LogP contribution in [0.2, 0.25) is 0 Å². The van der Waals surface area contributed by atoms with Gasteiger partial charge < -0.3 is 24.6 Å². The molecule has 1 aliphatic carbocycles. The second kappa shape index (κ2) is 10.9. The summed E-state index contributed by atoms with van der Waals surface area (Å²) in [6.07, 6.45) is 4.24. The predicted octanol–water partition coefficient (Wildman–Crippen LogP) is 4.23. The molecule has 0 bridgehead atoms. The van der Waals surface area contributed by atoms with Gasteiger partial charge in [0.1, 0.15) is 11.5 Å². The number of ether oxygens (including phenoxy) is 1. The average molecular weight is 645 g/mol. The highest BCUT2D eigenvalue weighted by atomic mass is 32.1. The third-order valence-electron chi connectivity index (χ3n) is 9.88. The summed E-state index contributed by atoms with van der Waals surface area (Å²) in [5, 5.41) is 18.5. The van der Waals surface area contributed by atoms with E-state index in [-0.39, 0.29) is 22.6 Å². The van der Waals surface area contributed by atoms with Crippen molar-refractivity contribution in [2.24, 2.45) is 12.5 Å². The van der Waals surface area contributed by atoms with E-state index in [0.29, 0.717) is 47.2 Å². The van der Waals surface area contributed by atoms with Crippen molar-refractivity contribution in [1.82, 2.24) is 19.2 Å². The number of rotatable bonds is 6. The summed E-state index contributed by atoms with van der Waals surface area (Å²) >= 11 is 1.56. The van der Waals surface area contributed by atoms with Crippen LogP contribution in [0.1, 0.15) is 50.8 Å². The van der Waals surface area contributed by atoms with Gasteiger partial charge >= 0.3 is 0 Å². The molecule has 10 nitrogen and oxygen atoms in total. The molecular weight excluding hydrogens is 607 g/mol. The molecule has 12 heteroatoms. The number of anilines is 3. The summed E-state index contributed by atoms with van der Waals surface area (Å²) in [5.74, 6) is -0.123. The van der Waals surface area contributed by atoms with Gasteiger partial charge in [0.15, 0.2) is 5.82 Å². The lowest BCUT2D eigenvalue weighted by atomic mass is 9.89. The Morgan fingerprint density at radius 2 is 1.93 bits per heavy atom. The second-order valence-electron chi connectivity index (χ2n) is 13.7. The molecule has 0 radical (unpaired) electrons. The van der Waals surface area contributed by atoms with Crippen LogP contribution in [0.5, 0.6) is 0 Å². The van der Waals surface area contributed by atoms with Crippen molar-refractivity contribution in [3.05, 3.63) is 78.8 Å². The van der Waals surface area contributed by atoms with Crippen molar-refractivity contribution in [2.45, 2.75) is 58.8 Å². The van der Waals surface area contributed by atoms with Gasteiger partial charge in [-0.25, -0.2) is 4.39 Å². The molecular formula is C34H37FN6O4S. The zero-order valence-electron chi connectivity index (χ0n) is 26.2. The van der Waals surface area contributed by atoms with Crippen LogP contribution in [0.25, 0.3) is 11.1 Å². The minimum absolute atomic E-state index is 0.153. The summed E-state index contributed by atoms with van der Waals surface area (Å²) in [5.41, 5.74) is 5.47. The highest BCUT2D eigenvalue weighted by molar-refractivity contribution is 7.14. The molecule has 8 rings (SSSR count). The number of benzene rings is 1. The summed E-state index contributed by atoms with van der Waals surface area (Å²) in [6.45, 7) is 8.41. The molecule has 240 valence electrons. The van der Waals surface area contributed by atoms with Crippen molar-refractivity contribution < 1.29 is 19.0 Å². The maximum absolute atomic E-state index is 15.4. The van der Waals surface area contributed by atoms with Crippen molar-refractivity contribution in [3.8, 4) is 11.1 Å². The summed E-state index contributed by atoms with van der Waals surface area (Å²) < 4.78 is 24.1. The summed E-state index contributed by atoms with van der Waals surface area (Å²) in [4.78, 5) is 33.1. The fourth-order valence-corrected chi connectivity index (χ4v) is 9.03. The number of fused-ring (bicyclic) bond motifs is 4. The number of pyridine rings is 1. The number of carbonyl (C=O) groups excluding carboxylic acids is 1. The van der Waals surface area contributed by atoms with E-state index in [2.05, 4.69) is 29.2 Å². The van der Waals surface area contributed by atoms with E-state index in [0.717, 1.165) is 61.8 Å². The number of aromatic nitrogens is 3. The van der Waals surface area contributed by atoms with Gasteiger partial charge in [-0.2, -0.15) is 5.10 Å². The lowest BCUT2D eigenvalue weighted by Crippen LogP contribution is -2.51. The first-order valence-electron chi connectivity index (χ1n) is 15.8. The number of nitrogens with zero attached hydrogens (tertiary/aromatic N) is 5. The molecule has 1 aromatic carbocycles. The summed E-state index contributed by atoms with van der Waals surface area (Å²) in [6, 6.07) is 6.74. The normalized spacial score (nSPS) is 19.2. The monoisotopic (exact) mass is 644 g/mol. The number of hydrogen-bond donors (Lipinski definition) is 2. The molecule has 3 aromatic heterocycles. The van der Waals surface area contributed by atoms with Gasteiger partial charge in [0, 0.05) is 54.9 Å². The van der Waals surface area contributed by atoms with Gasteiger partial charge in [-0.15, -0.1) is 11.3 Å². The zero-order valence-corrected chi connectivity index (χ0v) is 27.0. The van der Waals surface area contributed by atoms with Gasteiger partial charge in [0.2, 0.25) is 0 Å². The Balaban J connectivity index is 1.12. The number of halogens is 1. The van der Waals surface area contributed by atoms with Crippen molar-refractivity contribution in [3.63, 3.8) is 0 Å². The minimum Gasteiger partial charge on any atom is -0.392 e. The lowest BCUT2D eigenvalue weighted by molar-refractivity contribution is -0.0735. The van der Waals surface area contributed by atoms with E-state index in [4.69, 9.17) is 4.74 Å². The van der Waals surface area contributed by atoms with Crippen molar-refractivity contribution in [1.29, 1.82) is 0 Å². The van der Waals surface area contributed by atoms with Crippen LogP contribution in [-0.2, 0) is 50.7 Å². The van der Waals surface area contributed by atoms with Crippen LogP contribution in [0, 0.1) is 11.2 Å². The Kier molecular flexibility index (Phi) is 6.98. The van der Waals surface area contributed by atoms with Crippen molar-refractivity contribution in [2.75, 3.05) is 36.5 Å². The van der Waals surface area contributed by atoms with Crippen molar-refractivity contribution >= 4 is 34.4 Å². The van der Waals surface area contributed by atoms with E-state index < -0.39 is 12.4 Å². The third kappa shape index (κ3) is 4.90. The van der Waals surface area contributed by atoms with Crippen LogP contribution >= 0.6 is 11.3 Å². The zero-order chi connectivity index (χ0) is 31.9. The van der Waals surface area contributed by atoms with Crippen LogP contribution < -0.4 is 15.8 Å². The van der Waals surface area contributed by atoms with Gasteiger partial charge in [0.25, 0.3) is 11.5 Å². The Morgan fingerprint density at radius 1 is 1.11 bits per heavy atom. The molecule has 6 heterocycles. The Hall–Kier alpha value is -3.84. The maximum atomic E-state index is 15.4. The fourth-order valence-electron chi connectivity index (χ4n) is 7.46. The van der Waals surface area contributed by atoms with Gasteiger partial charge in [0.05, 0.1) is 48.7 Å². The van der Waals surface area contributed by atoms with E-state index in [1.54, 1.807) is 35.5 Å². The van der Waals surface area contributed by atoms with E-state index in [1.807, 2.05) is 10.7 Å². The van der Waals surface area contributed by atoms with Gasteiger partial charge in [-0.05, 0) is 59.6 Å². The second-order valence-corrected chi connectivity index (χ2v) is 14.8. The number of aliphatic hydroxyl groups excluding tert-OH is 1. The van der Waals surface area contributed by atoms with Crippen LogP contribution in [0.4, 0.5) is 21.6 Å². The first-order valence-corrected chi connectivity index (χ1v) is 16.7. The molecule has 4 aliphatic rings. The third-order valence-corrected chi connectivity index (χ3v) is 11.1. The molecule has 1 amide bonds. The largest absolute Gasteiger partial charge is 0.392 e. The first kappa shape index (κ1) is 29.6. The Bertz CT molecular complexity index is 1960. The van der Waals surface area contributed by atoms with Crippen LogP contribution in [0.3, 0.4) is 0 Å². The van der Waals surface area contributed by atoms with Crippen LogP contribution in [-0.4, -0.2) is 62.6 Å². The first-order chi connectivity index (χ1) is 22.1. The average Bonchev–Trinajstić information content (AvgIpc) is 3.63. The highest BCUT2D eigenvalue weighted by Crippen LogP contribution is 2.46. The number of hydrogen-bond acceptors (Lipinski definition) is 8. The molecule has 1 saturated heterocycles. The van der Waals surface area contributed by atoms with Gasteiger partial charge in [-0.3, -0.25) is 19.2 Å². The molecule has 0 unspecified atom stereocenters. The Morgan fingerprint density at radius 3 is 2.70 bits per heavy atom. The minimum atomic E-state index is -0.525. The molecule has 0 atom stereocenters. The molecule has 1 fully saturated rings. The quantitative estimate of drug-likeness (QED) is 0.324. The predicted molar refractivity (Wildman–Crippen MR) is 174 cm³/mol. The molecule has 46 heavy (non-hydrogen) atoms. The molecule has 0 spiro atoms. The standard InChI is InChI=1S/C34H37FN6O4S/c1-34(2)12-25-23-4-5-40(33(44)31(23)46-29(25)13-34)28-10-20(35)9-24(26(28)16-42)19-8-27(32(43)38(3)14-19)36-30-11-21-15-39(22-17-45-18-22)6-7-41(21)37-30/h8-11,14,22,42H,4-7,12-13,15-18H2,1-3H3,(H,36,37). The number of amides is 1. The smallest absolute Gasteiger partial charge is 0.274 e.